The van der Waals surface area contributed by atoms with Gasteiger partial charge in [-0.3, -0.25) is 9.69 Å². The van der Waals surface area contributed by atoms with Crippen LogP contribution in [0.5, 0.6) is 0 Å². The minimum Gasteiger partial charge on any atom is -0.395 e. The number of aromatic nitrogens is 4. The van der Waals surface area contributed by atoms with Crippen LogP contribution in [-0.4, -0.2) is 86.6 Å². The van der Waals surface area contributed by atoms with Crippen molar-refractivity contribution >= 4 is 11.9 Å². The van der Waals surface area contributed by atoms with Crippen LogP contribution in [0.15, 0.2) is 24.7 Å². The summed E-state index contributed by atoms with van der Waals surface area (Å²) in [6.07, 6.45) is 5.20. The third-order valence-electron chi connectivity index (χ3n) is 4.41. The van der Waals surface area contributed by atoms with E-state index in [2.05, 4.69) is 29.7 Å². The van der Waals surface area contributed by atoms with Crippen molar-refractivity contribution < 1.29 is 9.90 Å². The Balaban J connectivity index is 1.51. The van der Waals surface area contributed by atoms with Crippen LogP contribution in [0.2, 0.25) is 0 Å². The minimum absolute atomic E-state index is 0.00992. The highest BCUT2D eigenvalue weighted by molar-refractivity contribution is 5.78. The molecule has 0 saturated carbocycles. The lowest BCUT2D eigenvalue weighted by Gasteiger charge is -2.35. The fourth-order valence-corrected chi connectivity index (χ4v) is 3.02. The number of carbonyl (C=O) groups is 1. The van der Waals surface area contributed by atoms with Crippen LogP contribution in [0.3, 0.4) is 0 Å². The molecule has 26 heavy (non-hydrogen) atoms. The number of aryl methyl sites for hydroxylation is 1. The summed E-state index contributed by atoms with van der Waals surface area (Å²) >= 11 is 0. The number of nitrogens with one attached hydrogen (secondary N) is 1. The zero-order valence-corrected chi connectivity index (χ0v) is 15.0. The fraction of sp³-hybridized carbons (Fsp3) is 0.529. The van der Waals surface area contributed by atoms with Crippen molar-refractivity contribution in [3.05, 3.63) is 36.2 Å². The zero-order chi connectivity index (χ0) is 18.4. The van der Waals surface area contributed by atoms with Crippen LogP contribution in [0.4, 0.5) is 5.95 Å². The quantitative estimate of drug-likeness (QED) is 0.697. The molecule has 0 bridgehead atoms. The number of aromatic amines is 1. The summed E-state index contributed by atoms with van der Waals surface area (Å²) in [4.78, 5) is 34.4. The SMILES string of the molecule is Cc1ncc(CN(CCO)C(=O)CN2CCN(c3ncccn3)CC2)[nH]1. The molecule has 1 fully saturated rings. The predicted octanol–water partition coefficient (Wildman–Crippen LogP) is -0.349. The monoisotopic (exact) mass is 359 g/mol. The average molecular weight is 359 g/mol. The van der Waals surface area contributed by atoms with Gasteiger partial charge in [0, 0.05) is 45.1 Å². The summed E-state index contributed by atoms with van der Waals surface area (Å²) in [5.74, 6) is 1.56. The minimum atomic E-state index is -0.0576. The zero-order valence-electron chi connectivity index (χ0n) is 15.0. The second-order valence-corrected chi connectivity index (χ2v) is 6.34. The van der Waals surface area contributed by atoms with Crippen LogP contribution in [0, 0.1) is 6.92 Å². The molecule has 0 aromatic carbocycles. The molecular formula is C17H25N7O2. The number of rotatable bonds is 7. The number of piperazine rings is 1. The number of carbonyl (C=O) groups excluding carboxylic acids is 1. The lowest BCUT2D eigenvalue weighted by Crippen LogP contribution is -2.50. The summed E-state index contributed by atoms with van der Waals surface area (Å²) in [6, 6.07) is 1.80. The molecular weight excluding hydrogens is 334 g/mol. The third-order valence-corrected chi connectivity index (χ3v) is 4.41. The molecule has 1 aliphatic rings. The van der Waals surface area contributed by atoms with Gasteiger partial charge in [0.15, 0.2) is 0 Å². The second kappa shape index (κ2) is 8.72. The van der Waals surface area contributed by atoms with E-state index in [9.17, 15) is 9.90 Å². The number of aliphatic hydroxyl groups is 1. The molecule has 3 rings (SSSR count). The van der Waals surface area contributed by atoms with Gasteiger partial charge in [0.05, 0.1) is 31.6 Å². The molecule has 1 amide bonds. The van der Waals surface area contributed by atoms with Gasteiger partial charge in [-0.2, -0.15) is 0 Å². The van der Waals surface area contributed by atoms with E-state index in [1.54, 1.807) is 29.6 Å². The van der Waals surface area contributed by atoms with Gasteiger partial charge >= 0.3 is 0 Å². The highest BCUT2D eigenvalue weighted by Gasteiger charge is 2.23. The van der Waals surface area contributed by atoms with Crippen LogP contribution < -0.4 is 4.90 Å². The van der Waals surface area contributed by atoms with E-state index in [4.69, 9.17) is 0 Å². The van der Waals surface area contributed by atoms with Crippen molar-refractivity contribution in [1.82, 2.24) is 29.7 Å². The molecule has 2 N–H and O–H groups in total. The van der Waals surface area contributed by atoms with E-state index in [1.165, 1.54) is 0 Å². The first-order chi connectivity index (χ1) is 12.7. The smallest absolute Gasteiger partial charge is 0.237 e. The van der Waals surface area contributed by atoms with Gasteiger partial charge in [0.1, 0.15) is 5.82 Å². The van der Waals surface area contributed by atoms with E-state index in [0.29, 0.717) is 19.6 Å². The molecule has 1 saturated heterocycles. The Labute approximate surface area is 152 Å². The van der Waals surface area contributed by atoms with Gasteiger partial charge in [0.25, 0.3) is 0 Å². The largest absolute Gasteiger partial charge is 0.395 e. The Morgan fingerprint density at radius 3 is 2.58 bits per heavy atom. The molecule has 2 aromatic rings. The highest BCUT2D eigenvalue weighted by Crippen LogP contribution is 2.10. The average Bonchev–Trinajstić information content (AvgIpc) is 3.07. The van der Waals surface area contributed by atoms with E-state index in [1.807, 2.05) is 6.92 Å². The normalized spacial score (nSPS) is 15.2. The molecule has 0 radical (unpaired) electrons. The topological polar surface area (TPSA) is 101 Å². The van der Waals surface area contributed by atoms with Gasteiger partial charge in [-0.1, -0.05) is 0 Å². The van der Waals surface area contributed by atoms with E-state index in [0.717, 1.165) is 43.6 Å². The maximum atomic E-state index is 12.7. The van der Waals surface area contributed by atoms with E-state index in [-0.39, 0.29) is 12.5 Å². The lowest BCUT2D eigenvalue weighted by atomic mass is 10.3. The van der Waals surface area contributed by atoms with Crippen molar-refractivity contribution in [1.29, 1.82) is 0 Å². The Morgan fingerprint density at radius 2 is 1.96 bits per heavy atom. The fourth-order valence-electron chi connectivity index (χ4n) is 3.02. The number of hydrogen-bond donors (Lipinski definition) is 2. The summed E-state index contributed by atoms with van der Waals surface area (Å²) in [5, 5.41) is 9.28. The van der Waals surface area contributed by atoms with Crippen molar-refractivity contribution in [2.45, 2.75) is 13.5 Å². The first-order valence-electron chi connectivity index (χ1n) is 8.79. The highest BCUT2D eigenvalue weighted by atomic mass is 16.3. The molecule has 3 heterocycles. The van der Waals surface area contributed by atoms with Gasteiger partial charge in [0.2, 0.25) is 11.9 Å². The van der Waals surface area contributed by atoms with Crippen LogP contribution >= 0.6 is 0 Å². The number of amides is 1. The number of hydrogen-bond acceptors (Lipinski definition) is 7. The molecule has 0 aliphatic carbocycles. The molecule has 9 heteroatoms. The van der Waals surface area contributed by atoms with Crippen LogP contribution in [0.25, 0.3) is 0 Å². The summed E-state index contributed by atoms with van der Waals surface area (Å²) in [6.45, 7) is 6.04. The number of H-pyrrole nitrogens is 1. The second-order valence-electron chi connectivity index (χ2n) is 6.34. The van der Waals surface area contributed by atoms with Crippen LogP contribution in [0.1, 0.15) is 11.5 Å². The number of anilines is 1. The summed E-state index contributed by atoms with van der Waals surface area (Å²) in [7, 11) is 0. The number of nitrogens with zero attached hydrogens (tertiary/aromatic N) is 6. The standard InChI is InChI=1S/C17H25N7O2/c1-14-20-11-15(21-14)12-24(9-10-25)16(26)13-22-5-7-23(8-6-22)17-18-3-2-4-19-17/h2-4,11,25H,5-10,12-13H2,1H3,(H,20,21). The van der Waals surface area contributed by atoms with Gasteiger partial charge in [-0.05, 0) is 13.0 Å². The van der Waals surface area contributed by atoms with E-state index >= 15 is 0 Å². The molecule has 0 spiro atoms. The van der Waals surface area contributed by atoms with Crippen molar-refractivity contribution in [3.63, 3.8) is 0 Å². The summed E-state index contributed by atoms with van der Waals surface area (Å²) in [5.41, 5.74) is 0.871. The first kappa shape index (κ1) is 18.3. The molecule has 0 unspecified atom stereocenters. The van der Waals surface area contributed by atoms with Crippen molar-refractivity contribution in [3.8, 4) is 0 Å². The Hall–Kier alpha value is -2.52. The third kappa shape index (κ3) is 4.77. The predicted molar refractivity (Wildman–Crippen MR) is 96.5 cm³/mol. The maximum absolute atomic E-state index is 12.7. The summed E-state index contributed by atoms with van der Waals surface area (Å²) < 4.78 is 0. The Kier molecular flexibility index (Phi) is 6.13. The molecule has 0 atom stereocenters. The van der Waals surface area contributed by atoms with Gasteiger partial charge < -0.3 is 19.9 Å². The number of aliphatic hydroxyl groups excluding tert-OH is 1. The maximum Gasteiger partial charge on any atom is 0.237 e. The van der Waals surface area contributed by atoms with Crippen molar-refractivity contribution in [2.24, 2.45) is 0 Å². The van der Waals surface area contributed by atoms with Gasteiger partial charge in [-0.15, -0.1) is 0 Å². The number of imidazole rings is 1. The molecule has 9 nitrogen and oxygen atoms in total. The first-order valence-corrected chi connectivity index (χ1v) is 8.79. The molecule has 2 aromatic heterocycles. The van der Waals surface area contributed by atoms with Crippen molar-refractivity contribution in [2.75, 3.05) is 50.8 Å². The molecule has 140 valence electrons. The van der Waals surface area contributed by atoms with E-state index < -0.39 is 0 Å². The Morgan fingerprint density at radius 1 is 1.23 bits per heavy atom. The van der Waals surface area contributed by atoms with Crippen LogP contribution in [-0.2, 0) is 11.3 Å². The Bertz CT molecular complexity index is 698. The lowest BCUT2D eigenvalue weighted by molar-refractivity contribution is -0.133. The van der Waals surface area contributed by atoms with Gasteiger partial charge in [-0.25, -0.2) is 15.0 Å². The molecule has 1 aliphatic heterocycles.